The van der Waals surface area contributed by atoms with Crippen LogP contribution in [0.3, 0.4) is 0 Å². The van der Waals surface area contributed by atoms with Crippen LogP contribution in [0.5, 0.6) is 5.75 Å². The number of benzene rings is 1. The minimum Gasteiger partial charge on any atom is -0.405 e. The predicted octanol–water partition coefficient (Wildman–Crippen LogP) is 3.96. The molecule has 2 rings (SSSR count). The van der Waals surface area contributed by atoms with Crippen LogP contribution >= 0.6 is 0 Å². The molecule has 0 aliphatic heterocycles. The number of halogens is 3. The number of nitrogens with one attached hydrogen (secondary N) is 1. The summed E-state index contributed by atoms with van der Waals surface area (Å²) in [4.78, 5) is 4.13. The molecule has 0 saturated carbocycles. The number of alkyl halides is 3. The molecule has 0 atom stereocenters. The quantitative estimate of drug-likeness (QED) is 0.913. The fourth-order valence-corrected chi connectivity index (χ4v) is 1.78. The maximum atomic E-state index is 12.3. The Morgan fingerprint density at radius 3 is 2.68 bits per heavy atom. The highest BCUT2D eigenvalue weighted by molar-refractivity contribution is 5.95. The van der Waals surface area contributed by atoms with E-state index in [9.17, 15) is 13.2 Å². The first-order valence-electron chi connectivity index (χ1n) is 5.88. The first kappa shape index (κ1) is 13.5. The van der Waals surface area contributed by atoms with Crippen molar-refractivity contribution < 1.29 is 17.9 Å². The van der Waals surface area contributed by atoms with E-state index in [4.69, 9.17) is 0 Å². The third-order valence-electron chi connectivity index (χ3n) is 2.53. The zero-order valence-electron chi connectivity index (χ0n) is 10.3. The molecular weight excluding hydrogens is 257 g/mol. The van der Waals surface area contributed by atoms with Gasteiger partial charge < -0.3 is 10.1 Å². The topological polar surface area (TPSA) is 34.2 Å². The first-order valence-corrected chi connectivity index (χ1v) is 5.88. The molecule has 0 unspecified atom stereocenters. The van der Waals surface area contributed by atoms with Crippen molar-refractivity contribution in [3.63, 3.8) is 0 Å². The van der Waals surface area contributed by atoms with Gasteiger partial charge in [0.1, 0.15) is 11.6 Å². The van der Waals surface area contributed by atoms with E-state index in [0.717, 1.165) is 6.42 Å². The Balaban J connectivity index is 2.45. The van der Waals surface area contributed by atoms with Crippen LogP contribution in [0.2, 0.25) is 0 Å². The summed E-state index contributed by atoms with van der Waals surface area (Å²) in [7, 11) is 0. The number of pyridine rings is 1. The van der Waals surface area contributed by atoms with E-state index in [2.05, 4.69) is 15.0 Å². The molecule has 3 nitrogen and oxygen atoms in total. The molecule has 0 aliphatic rings. The number of ether oxygens (including phenoxy) is 1. The van der Waals surface area contributed by atoms with Crippen LogP contribution in [0.25, 0.3) is 10.8 Å². The molecule has 2 aromatic rings. The van der Waals surface area contributed by atoms with E-state index in [1.165, 1.54) is 24.4 Å². The maximum absolute atomic E-state index is 12.3. The van der Waals surface area contributed by atoms with Gasteiger partial charge in [0.05, 0.1) is 0 Å². The molecule has 6 heteroatoms. The summed E-state index contributed by atoms with van der Waals surface area (Å²) in [5.41, 5.74) is 0. The van der Waals surface area contributed by atoms with Crippen LogP contribution in [-0.2, 0) is 0 Å². The molecule has 0 spiro atoms. The normalized spacial score (nSPS) is 11.6. The number of hydrogen-bond acceptors (Lipinski definition) is 3. The Hall–Kier alpha value is -1.98. The predicted molar refractivity (Wildman–Crippen MR) is 67.2 cm³/mol. The van der Waals surface area contributed by atoms with Crippen molar-refractivity contribution in [2.24, 2.45) is 0 Å². The number of aromatic nitrogens is 1. The maximum Gasteiger partial charge on any atom is 0.573 e. The Bertz CT molecular complexity index is 569. The Morgan fingerprint density at radius 2 is 2.00 bits per heavy atom. The highest BCUT2D eigenvalue weighted by Gasteiger charge is 2.31. The van der Waals surface area contributed by atoms with Crippen LogP contribution in [-0.4, -0.2) is 17.9 Å². The fraction of sp³-hybridized carbons (Fsp3) is 0.308. The van der Waals surface area contributed by atoms with Gasteiger partial charge >= 0.3 is 6.36 Å². The first-order chi connectivity index (χ1) is 9.01. The second-order valence-corrected chi connectivity index (χ2v) is 3.99. The van der Waals surface area contributed by atoms with Gasteiger partial charge in [0.15, 0.2) is 0 Å². The van der Waals surface area contributed by atoms with Gasteiger partial charge in [0, 0.05) is 23.5 Å². The molecule has 1 heterocycles. The van der Waals surface area contributed by atoms with E-state index < -0.39 is 6.36 Å². The van der Waals surface area contributed by atoms with Crippen LogP contribution < -0.4 is 10.1 Å². The van der Waals surface area contributed by atoms with Crippen molar-refractivity contribution >= 4 is 16.6 Å². The van der Waals surface area contributed by atoms with E-state index >= 15 is 0 Å². The molecule has 1 N–H and O–H groups in total. The molecule has 1 aromatic carbocycles. The highest BCUT2D eigenvalue weighted by atomic mass is 19.4. The molecule has 102 valence electrons. The summed E-state index contributed by atoms with van der Waals surface area (Å²) in [5, 5.41) is 4.07. The van der Waals surface area contributed by atoms with E-state index in [0.29, 0.717) is 23.1 Å². The highest BCUT2D eigenvalue weighted by Crippen LogP contribution is 2.32. The van der Waals surface area contributed by atoms with E-state index in [1.54, 1.807) is 6.07 Å². The van der Waals surface area contributed by atoms with Crippen molar-refractivity contribution in [2.75, 3.05) is 11.9 Å². The van der Waals surface area contributed by atoms with Crippen LogP contribution in [0.4, 0.5) is 19.0 Å². The van der Waals surface area contributed by atoms with E-state index in [-0.39, 0.29) is 5.75 Å². The lowest BCUT2D eigenvalue weighted by Gasteiger charge is -2.13. The minimum atomic E-state index is -4.70. The number of anilines is 1. The molecule has 0 saturated heterocycles. The molecule has 0 radical (unpaired) electrons. The average Bonchev–Trinajstić information content (AvgIpc) is 2.35. The Kier molecular flexibility index (Phi) is 3.78. The summed E-state index contributed by atoms with van der Waals surface area (Å²) in [5.74, 6) is 0.346. The number of rotatable bonds is 4. The number of fused-ring (bicyclic) bond motifs is 1. The fourth-order valence-electron chi connectivity index (χ4n) is 1.78. The smallest absolute Gasteiger partial charge is 0.405 e. The SMILES string of the molecule is CCCNc1nccc2c(OC(F)(F)F)cccc12. The lowest BCUT2D eigenvalue weighted by molar-refractivity contribution is -0.274. The lowest BCUT2D eigenvalue weighted by Crippen LogP contribution is -2.17. The van der Waals surface area contributed by atoms with Gasteiger partial charge in [0.25, 0.3) is 0 Å². The number of nitrogens with zero attached hydrogens (tertiary/aromatic N) is 1. The van der Waals surface area contributed by atoms with Gasteiger partial charge in [-0.15, -0.1) is 13.2 Å². The van der Waals surface area contributed by atoms with Gasteiger partial charge in [-0.1, -0.05) is 19.1 Å². The number of hydrogen-bond donors (Lipinski definition) is 1. The van der Waals surface area contributed by atoms with Crippen LogP contribution in [0.15, 0.2) is 30.5 Å². The molecule has 0 aliphatic carbocycles. The molecule has 19 heavy (non-hydrogen) atoms. The molecular formula is C13H13F3N2O. The average molecular weight is 270 g/mol. The van der Waals surface area contributed by atoms with Crippen molar-refractivity contribution in [1.82, 2.24) is 4.98 Å². The molecule has 0 bridgehead atoms. The van der Waals surface area contributed by atoms with Crippen molar-refractivity contribution in [3.05, 3.63) is 30.5 Å². The summed E-state index contributed by atoms with van der Waals surface area (Å²) >= 11 is 0. The zero-order valence-corrected chi connectivity index (χ0v) is 10.3. The monoisotopic (exact) mass is 270 g/mol. The largest absolute Gasteiger partial charge is 0.573 e. The summed E-state index contributed by atoms with van der Waals surface area (Å²) in [6.45, 7) is 2.70. The second-order valence-electron chi connectivity index (χ2n) is 3.99. The van der Waals surface area contributed by atoms with Gasteiger partial charge in [-0.2, -0.15) is 0 Å². The summed E-state index contributed by atoms with van der Waals surface area (Å²) < 4.78 is 41.0. The third-order valence-corrected chi connectivity index (χ3v) is 2.53. The van der Waals surface area contributed by atoms with Crippen LogP contribution in [0, 0.1) is 0 Å². The van der Waals surface area contributed by atoms with Crippen molar-refractivity contribution in [1.29, 1.82) is 0 Å². The molecule has 0 fully saturated rings. The molecule has 1 aromatic heterocycles. The zero-order chi connectivity index (χ0) is 13.9. The van der Waals surface area contributed by atoms with Gasteiger partial charge in [-0.05, 0) is 18.6 Å². The summed E-state index contributed by atoms with van der Waals surface area (Å²) in [6, 6.07) is 6.03. The summed E-state index contributed by atoms with van der Waals surface area (Å²) in [6.07, 6.45) is -2.34. The third kappa shape index (κ3) is 3.27. The Labute approximate surface area is 108 Å². The van der Waals surface area contributed by atoms with Crippen molar-refractivity contribution in [2.45, 2.75) is 19.7 Å². The second kappa shape index (κ2) is 5.34. The standard InChI is InChI=1S/C13H13F3N2O/c1-2-7-17-12-10-4-3-5-11(19-13(14,15)16)9(10)6-8-18-12/h3-6,8H,2,7H2,1H3,(H,17,18). The van der Waals surface area contributed by atoms with Gasteiger partial charge in [-0.3, -0.25) is 0 Å². The van der Waals surface area contributed by atoms with Crippen molar-refractivity contribution in [3.8, 4) is 5.75 Å². The van der Waals surface area contributed by atoms with Gasteiger partial charge in [0.2, 0.25) is 0 Å². The molecule has 0 amide bonds. The van der Waals surface area contributed by atoms with E-state index in [1.807, 2.05) is 6.92 Å². The minimum absolute atomic E-state index is 0.216. The Morgan fingerprint density at radius 1 is 1.21 bits per heavy atom. The lowest BCUT2D eigenvalue weighted by atomic mass is 10.1. The van der Waals surface area contributed by atoms with Crippen LogP contribution in [0.1, 0.15) is 13.3 Å². The van der Waals surface area contributed by atoms with Gasteiger partial charge in [-0.25, -0.2) is 4.98 Å².